The lowest BCUT2D eigenvalue weighted by atomic mass is 9.98. The van der Waals surface area contributed by atoms with Gasteiger partial charge in [0.25, 0.3) is 11.8 Å². The average molecular weight is 788 g/mol. The number of carbonyl (C=O) groups is 2. The molecule has 4 aromatic rings. The first kappa shape index (κ1) is 40.9. The van der Waals surface area contributed by atoms with Gasteiger partial charge < -0.3 is 26.0 Å². The zero-order chi connectivity index (χ0) is 38.8. The summed E-state index contributed by atoms with van der Waals surface area (Å²) in [6.45, 7) is 1.62. The number of aromatic nitrogens is 6. The molecule has 2 atom stereocenters. The van der Waals surface area contributed by atoms with Gasteiger partial charge in [-0.25, -0.2) is 9.59 Å². The van der Waals surface area contributed by atoms with Crippen molar-refractivity contribution in [2.24, 2.45) is 11.8 Å². The summed E-state index contributed by atoms with van der Waals surface area (Å²) in [5.74, 6) is -0.398. The molecule has 54 heavy (non-hydrogen) atoms. The van der Waals surface area contributed by atoms with E-state index in [9.17, 15) is 29.4 Å². The van der Waals surface area contributed by atoms with Gasteiger partial charge in [0.15, 0.2) is 0 Å². The zero-order valence-electron chi connectivity index (χ0n) is 30.2. The second-order valence-corrected chi connectivity index (χ2v) is 14.7. The predicted molar refractivity (Wildman–Crippen MR) is 203 cm³/mol. The molecule has 2 saturated carbocycles. The molecule has 0 saturated heterocycles. The molecule has 2 aromatic heterocycles. The molecule has 2 fully saturated rings. The summed E-state index contributed by atoms with van der Waals surface area (Å²) in [5.41, 5.74) is 0.341. The fraction of sp³-hybridized carbons (Fsp3) is 0.514. The summed E-state index contributed by atoms with van der Waals surface area (Å²) < 4.78 is 3.57. The first-order valence-corrected chi connectivity index (χ1v) is 19.2. The largest absolute Gasteiger partial charge is 0.395 e. The van der Waals surface area contributed by atoms with Crippen LogP contribution in [0, 0.1) is 18.8 Å². The number of halogens is 2. The number of carbonyl (C=O) groups excluding carboxylic acids is 2. The molecule has 0 bridgehead atoms. The highest BCUT2D eigenvalue weighted by atomic mass is 35.5. The van der Waals surface area contributed by atoms with E-state index in [2.05, 4.69) is 25.8 Å². The highest BCUT2D eigenvalue weighted by molar-refractivity contribution is 6.34. The fourth-order valence-corrected chi connectivity index (χ4v) is 7.33. The third-order valence-corrected chi connectivity index (χ3v) is 10.6. The maximum Gasteiger partial charge on any atom is 0.350 e. The number of rotatable bonds is 10. The number of benzene rings is 2. The Morgan fingerprint density at radius 3 is 1.69 bits per heavy atom. The average Bonchev–Trinajstić information content (AvgIpc) is 3.42. The Balaban J connectivity index is 0.000000208. The van der Waals surface area contributed by atoms with Crippen molar-refractivity contribution in [2.75, 3.05) is 6.61 Å². The molecule has 2 heterocycles. The summed E-state index contributed by atoms with van der Waals surface area (Å²) in [4.78, 5) is 52.1. The van der Waals surface area contributed by atoms with Crippen LogP contribution in [-0.2, 0) is 6.54 Å². The summed E-state index contributed by atoms with van der Waals surface area (Å²) in [6.07, 6.45) is 11.9. The number of aliphatic hydroxyl groups excluding tert-OH is 3. The molecule has 15 nitrogen and oxygen atoms in total. The minimum absolute atomic E-state index is 0.0326. The van der Waals surface area contributed by atoms with E-state index >= 15 is 0 Å². The Morgan fingerprint density at radius 1 is 0.796 bits per heavy atom. The van der Waals surface area contributed by atoms with Crippen LogP contribution < -0.4 is 22.0 Å². The summed E-state index contributed by atoms with van der Waals surface area (Å²) in [7, 11) is 0. The quantitative estimate of drug-likeness (QED) is 0.100. The van der Waals surface area contributed by atoms with Gasteiger partial charge in [0, 0.05) is 11.8 Å². The molecule has 17 heteroatoms. The molecule has 292 valence electrons. The van der Waals surface area contributed by atoms with Crippen LogP contribution in [0.25, 0.3) is 11.4 Å². The lowest BCUT2D eigenvalue weighted by Crippen LogP contribution is -2.40. The second kappa shape index (κ2) is 19.4. The Kier molecular flexibility index (Phi) is 14.7. The van der Waals surface area contributed by atoms with E-state index in [1.807, 2.05) is 0 Å². The van der Waals surface area contributed by atoms with E-state index in [-0.39, 0.29) is 46.2 Å². The third-order valence-electron chi connectivity index (χ3n) is 9.93. The van der Waals surface area contributed by atoms with Gasteiger partial charge in [-0.15, -0.1) is 0 Å². The molecule has 0 spiro atoms. The third kappa shape index (κ3) is 10.5. The maximum atomic E-state index is 12.7. The van der Waals surface area contributed by atoms with Crippen LogP contribution in [-0.4, -0.2) is 75.3 Å². The molecule has 2 aliphatic rings. The number of hydrogen-bond acceptors (Lipinski definition) is 9. The highest BCUT2D eigenvalue weighted by Crippen LogP contribution is 2.27. The van der Waals surface area contributed by atoms with Crippen LogP contribution in [0.4, 0.5) is 0 Å². The standard InChI is InChI=1S/C19H25ClN4O4.C18H23ClN4O3/c20-16-8-7-14(24-19(28)23(9-10-25)12-21-24)11-15(16)18(27)22-17(26)13-5-3-1-2-4-6-13;1-11-20-18(26)23(22-11)13-8-9-15(19)14(10-13)17(25)21-16(24)12-6-4-2-3-5-7-12/h7-8,11-13,17,25-26H,1-6,9-10H2,(H,22,27);8-10,12,16,24H,2-7H2,1H3,(H,21,25)(H,20,22,26). The van der Waals surface area contributed by atoms with E-state index in [1.165, 1.54) is 46.6 Å². The van der Waals surface area contributed by atoms with Gasteiger partial charge in [-0.2, -0.15) is 19.6 Å². The van der Waals surface area contributed by atoms with Crippen molar-refractivity contribution >= 4 is 35.0 Å². The van der Waals surface area contributed by atoms with Crippen molar-refractivity contribution in [2.45, 2.75) is 103 Å². The van der Waals surface area contributed by atoms with E-state index in [1.54, 1.807) is 25.1 Å². The monoisotopic (exact) mass is 786 g/mol. The molecule has 2 aliphatic carbocycles. The molecule has 6 rings (SSSR count). The first-order valence-electron chi connectivity index (χ1n) is 18.5. The van der Waals surface area contributed by atoms with Gasteiger partial charge in [0.05, 0.1) is 45.7 Å². The van der Waals surface area contributed by atoms with Gasteiger partial charge in [-0.3, -0.25) is 19.1 Å². The van der Waals surface area contributed by atoms with Gasteiger partial charge in [0.1, 0.15) is 24.6 Å². The Morgan fingerprint density at radius 2 is 1.26 bits per heavy atom. The summed E-state index contributed by atoms with van der Waals surface area (Å²) >= 11 is 12.3. The molecule has 0 aliphatic heterocycles. The van der Waals surface area contributed by atoms with Crippen LogP contribution in [0.15, 0.2) is 52.3 Å². The minimum Gasteiger partial charge on any atom is -0.395 e. The predicted octanol–water partition coefficient (Wildman–Crippen LogP) is 4.24. The van der Waals surface area contributed by atoms with Crippen LogP contribution in [0.5, 0.6) is 0 Å². The number of H-pyrrole nitrogens is 1. The number of nitrogens with zero attached hydrogens (tertiary/aromatic N) is 5. The Hall–Kier alpha value is -4.28. The number of hydrogen-bond donors (Lipinski definition) is 6. The lowest BCUT2D eigenvalue weighted by Gasteiger charge is -2.22. The molecule has 2 amide bonds. The molecular weight excluding hydrogens is 739 g/mol. The van der Waals surface area contributed by atoms with E-state index < -0.39 is 35.6 Å². The number of aromatic amines is 1. The number of aryl methyl sites for hydroxylation is 1. The van der Waals surface area contributed by atoms with Crippen molar-refractivity contribution in [3.05, 3.63) is 90.7 Å². The van der Waals surface area contributed by atoms with Crippen LogP contribution in [0.2, 0.25) is 10.0 Å². The summed E-state index contributed by atoms with van der Waals surface area (Å²) in [6, 6.07) is 9.22. The van der Waals surface area contributed by atoms with Gasteiger partial charge >= 0.3 is 11.4 Å². The van der Waals surface area contributed by atoms with Crippen molar-refractivity contribution in [3.63, 3.8) is 0 Å². The van der Waals surface area contributed by atoms with Gasteiger partial charge in [0.2, 0.25) is 0 Å². The SMILES string of the molecule is Cc1nn(-c2ccc(Cl)c(C(=O)NC(O)C3CCCCCC3)c2)c(=O)[nH]1.O=C(NC(O)C1CCCCCC1)c1cc(-n2ncn(CCO)c2=O)ccc1Cl. The summed E-state index contributed by atoms with van der Waals surface area (Å²) in [5, 5.41) is 43.7. The maximum absolute atomic E-state index is 12.7. The number of nitrogens with one attached hydrogen (secondary N) is 3. The minimum atomic E-state index is -0.934. The van der Waals surface area contributed by atoms with Crippen LogP contribution in [0.1, 0.15) is 104 Å². The van der Waals surface area contributed by atoms with Crippen molar-refractivity contribution in [1.29, 1.82) is 0 Å². The lowest BCUT2D eigenvalue weighted by molar-refractivity contribution is 0.0522. The molecule has 2 unspecified atom stereocenters. The molecule has 0 radical (unpaired) electrons. The normalized spacial score (nSPS) is 16.7. The molecule has 6 N–H and O–H groups in total. The first-order chi connectivity index (χ1) is 26.0. The Labute approximate surface area is 322 Å². The highest BCUT2D eigenvalue weighted by Gasteiger charge is 2.25. The van der Waals surface area contributed by atoms with Crippen molar-refractivity contribution in [3.8, 4) is 11.4 Å². The van der Waals surface area contributed by atoms with E-state index in [0.29, 0.717) is 17.2 Å². The zero-order valence-corrected chi connectivity index (χ0v) is 31.7. The second-order valence-electron chi connectivity index (χ2n) is 13.8. The van der Waals surface area contributed by atoms with E-state index in [4.69, 9.17) is 28.3 Å². The number of amides is 2. The van der Waals surface area contributed by atoms with Crippen molar-refractivity contribution < 1.29 is 24.9 Å². The van der Waals surface area contributed by atoms with E-state index in [0.717, 1.165) is 68.9 Å². The smallest absolute Gasteiger partial charge is 0.350 e. The number of aliphatic hydroxyl groups is 3. The van der Waals surface area contributed by atoms with Crippen LogP contribution in [0.3, 0.4) is 0 Å². The van der Waals surface area contributed by atoms with Crippen LogP contribution >= 0.6 is 23.2 Å². The Bertz CT molecular complexity index is 1990. The topological polar surface area (TPSA) is 209 Å². The van der Waals surface area contributed by atoms with Crippen molar-refractivity contribution in [1.82, 2.24) is 39.7 Å². The van der Waals surface area contributed by atoms with Gasteiger partial charge in [-0.05, 0) is 69.0 Å². The molecule has 2 aromatic carbocycles. The fourth-order valence-electron chi connectivity index (χ4n) is 6.93. The van der Waals surface area contributed by atoms with Gasteiger partial charge in [-0.1, -0.05) is 74.6 Å². The molecular formula is C37H48Cl2N8O7.